The Morgan fingerprint density at radius 3 is 2.23 bits per heavy atom. The first-order valence-corrected chi connectivity index (χ1v) is 6.09. The van der Waals surface area contributed by atoms with E-state index in [1.54, 1.807) is 11.8 Å². The van der Waals surface area contributed by atoms with E-state index >= 15 is 0 Å². The van der Waals surface area contributed by atoms with E-state index in [-0.39, 0.29) is 16.5 Å². The summed E-state index contributed by atoms with van der Waals surface area (Å²) in [5.74, 6) is 1.10. The van der Waals surface area contributed by atoms with Crippen molar-refractivity contribution in [1.82, 2.24) is 0 Å². The van der Waals surface area contributed by atoms with Crippen molar-refractivity contribution in [2.45, 2.75) is 45.4 Å². The van der Waals surface area contributed by atoms with Gasteiger partial charge in [-0.2, -0.15) is 0 Å². The molecular formula is C9H19NNiS2. The maximum atomic E-state index is 5.35. The van der Waals surface area contributed by atoms with E-state index in [1.807, 2.05) is 0 Å². The smallest absolute Gasteiger partial charge is 0.131 e. The number of hydrogen-bond donors (Lipinski definition) is 1. The molecule has 0 aromatic rings. The predicted octanol–water partition coefficient (Wildman–Crippen LogP) is 3.32. The monoisotopic (exact) mass is 263 g/mol. The first kappa shape index (κ1) is 16.2. The van der Waals surface area contributed by atoms with Crippen molar-refractivity contribution in [3.8, 4) is 0 Å². The third-order valence-electron chi connectivity index (χ3n) is 1.74. The summed E-state index contributed by atoms with van der Waals surface area (Å²) in [6.07, 6.45) is 8.03. The van der Waals surface area contributed by atoms with Crippen molar-refractivity contribution < 1.29 is 16.5 Å². The molecule has 0 saturated carbocycles. The van der Waals surface area contributed by atoms with E-state index in [1.165, 1.54) is 38.5 Å². The minimum atomic E-state index is 0. The van der Waals surface area contributed by atoms with Crippen molar-refractivity contribution in [1.29, 1.82) is 0 Å². The molecule has 0 aliphatic rings. The van der Waals surface area contributed by atoms with Crippen LogP contribution in [0.15, 0.2) is 0 Å². The van der Waals surface area contributed by atoms with Gasteiger partial charge in [0, 0.05) is 22.2 Å². The normalized spacial score (nSPS) is 9.31. The Balaban J connectivity index is 0. The fraction of sp³-hybridized carbons (Fsp3) is 0.889. The van der Waals surface area contributed by atoms with Crippen molar-refractivity contribution in [2.24, 2.45) is 5.73 Å². The maximum absolute atomic E-state index is 5.35. The van der Waals surface area contributed by atoms with Gasteiger partial charge >= 0.3 is 0 Å². The van der Waals surface area contributed by atoms with E-state index in [9.17, 15) is 0 Å². The van der Waals surface area contributed by atoms with Gasteiger partial charge < -0.3 is 5.73 Å². The van der Waals surface area contributed by atoms with Gasteiger partial charge in [0.15, 0.2) is 0 Å². The zero-order chi connectivity index (χ0) is 9.23. The molecule has 0 heterocycles. The molecule has 0 unspecified atom stereocenters. The van der Waals surface area contributed by atoms with Crippen molar-refractivity contribution in [3.63, 3.8) is 0 Å². The zero-order valence-corrected chi connectivity index (χ0v) is 10.8. The third-order valence-corrected chi connectivity index (χ3v) is 2.87. The first-order valence-electron chi connectivity index (χ1n) is 4.69. The number of unbranched alkanes of at least 4 members (excludes halogenated alkanes) is 5. The average molecular weight is 264 g/mol. The van der Waals surface area contributed by atoms with Gasteiger partial charge in [-0.05, 0) is 6.42 Å². The molecular weight excluding hydrogens is 245 g/mol. The Hall–Kier alpha value is 0.734. The van der Waals surface area contributed by atoms with E-state index in [4.69, 9.17) is 18.0 Å². The van der Waals surface area contributed by atoms with Crippen LogP contribution in [0.3, 0.4) is 0 Å². The van der Waals surface area contributed by atoms with E-state index < -0.39 is 0 Å². The Kier molecular flexibility index (Phi) is 15.8. The molecule has 0 aliphatic carbocycles. The minimum Gasteiger partial charge on any atom is -0.385 e. The van der Waals surface area contributed by atoms with E-state index in [0.717, 1.165) is 5.75 Å². The van der Waals surface area contributed by atoms with E-state index in [2.05, 4.69) is 6.92 Å². The van der Waals surface area contributed by atoms with Crippen LogP contribution < -0.4 is 5.73 Å². The number of thioether (sulfide) groups is 1. The van der Waals surface area contributed by atoms with Crippen molar-refractivity contribution >= 4 is 28.3 Å². The van der Waals surface area contributed by atoms with Crippen molar-refractivity contribution in [2.75, 3.05) is 5.75 Å². The Labute approximate surface area is 102 Å². The number of rotatable bonds is 7. The summed E-state index contributed by atoms with van der Waals surface area (Å²) in [6.45, 7) is 2.24. The molecule has 0 bridgehead atoms. The summed E-state index contributed by atoms with van der Waals surface area (Å²) in [7, 11) is 0. The molecule has 0 aromatic carbocycles. The molecule has 0 spiro atoms. The van der Waals surface area contributed by atoms with Gasteiger partial charge in [0.2, 0.25) is 0 Å². The minimum absolute atomic E-state index is 0. The van der Waals surface area contributed by atoms with Crippen LogP contribution in [0.5, 0.6) is 0 Å². The molecule has 0 fully saturated rings. The van der Waals surface area contributed by atoms with Crippen LogP contribution in [-0.4, -0.2) is 10.1 Å². The second-order valence-corrected chi connectivity index (χ2v) is 4.77. The standard InChI is InChI=1S/C9H19NS2.Ni/c1-2-3-4-5-6-7-8-12-9(10)11;/h2-8H2,1H3,(H2,10,11);. The Morgan fingerprint density at radius 2 is 1.69 bits per heavy atom. The second-order valence-electron chi connectivity index (χ2n) is 2.94. The van der Waals surface area contributed by atoms with Crippen LogP contribution in [0.1, 0.15) is 45.4 Å². The molecule has 0 saturated heterocycles. The van der Waals surface area contributed by atoms with Crippen LogP contribution in [0.4, 0.5) is 0 Å². The summed E-state index contributed by atoms with van der Waals surface area (Å²) >= 11 is 6.36. The molecule has 4 heteroatoms. The quantitative estimate of drug-likeness (QED) is 0.434. The van der Waals surface area contributed by atoms with Crippen LogP contribution in [0.25, 0.3) is 0 Å². The van der Waals surface area contributed by atoms with Gasteiger partial charge in [-0.3, -0.25) is 0 Å². The predicted molar refractivity (Wildman–Crippen MR) is 62.6 cm³/mol. The van der Waals surface area contributed by atoms with Gasteiger partial charge in [0.1, 0.15) is 4.32 Å². The van der Waals surface area contributed by atoms with Crippen LogP contribution in [-0.2, 0) is 16.5 Å². The molecule has 0 radical (unpaired) electrons. The summed E-state index contributed by atoms with van der Waals surface area (Å²) in [6, 6.07) is 0. The van der Waals surface area contributed by atoms with Crippen molar-refractivity contribution in [3.05, 3.63) is 0 Å². The number of nitrogens with two attached hydrogens (primary N) is 1. The fourth-order valence-electron chi connectivity index (χ4n) is 1.06. The number of hydrogen-bond acceptors (Lipinski definition) is 2. The Bertz CT molecular complexity index is 120. The summed E-state index contributed by atoms with van der Waals surface area (Å²) in [5, 5.41) is 0. The van der Waals surface area contributed by atoms with Gasteiger partial charge in [-0.15, -0.1) is 0 Å². The second kappa shape index (κ2) is 12.7. The number of thiocarbonyl (C=S) groups is 1. The van der Waals surface area contributed by atoms with Crippen LogP contribution in [0, 0.1) is 0 Å². The molecule has 2 N–H and O–H groups in total. The molecule has 0 aromatic heterocycles. The average Bonchev–Trinajstić information content (AvgIpc) is 2.02. The van der Waals surface area contributed by atoms with Gasteiger partial charge in [0.05, 0.1) is 0 Å². The molecule has 82 valence electrons. The van der Waals surface area contributed by atoms with Gasteiger partial charge in [0.25, 0.3) is 0 Å². The first-order chi connectivity index (χ1) is 5.77. The molecule has 0 aliphatic heterocycles. The van der Waals surface area contributed by atoms with Crippen LogP contribution in [0.2, 0.25) is 0 Å². The fourth-order valence-corrected chi connectivity index (χ4v) is 1.85. The summed E-state index contributed by atoms with van der Waals surface area (Å²) in [5.41, 5.74) is 5.35. The van der Waals surface area contributed by atoms with Crippen LogP contribution >= 0.6 is 24.0 Å². The molecule has 0 atom stereocenters. The summed E-state index contributed by atoms with van der Waals surface area (Å²) < 4.78 is 0.587. The molecule has 0 rings (SSSR count). The van der Waals surface area contributed by atoms with Gasteiger partial charge in [-0.1, -0.05) is 63.0 Å². The SMILES string of the molecule is CCCCCCCCSC(N)=S.[Ni]. The Morgan fingerprint density at radius 1 is 1.15 bits per heavy atom. The maximum Gasteiger partial charge on any atom is 0.131 e. The molecule has 0 amide bonds. The zero-order valence-electron chi connectivity index (χ0n) is 8.16. The summed E-state index contributed by atoms with van der Waals surface area (Å²) in [4.78, 5) is 0. The largest absolute Gasteiger partial charge is 0.385 e. The van der Waals surface area contributed by atoms with Gasteiger partial charge in [-0.25, -0.2) is 0 Å². The molecule has 1 nitrogen and oxygen atoms in total. The molecule has 13 heavy (non-hydrogen) atoms. The van der Waals surface area contributed by atoms with E-state index in [0.29, 0.717) is 4.32 Å². The topological polar surface area (TPSA) is 26.0 Å². The third kappa shape index (κ3) is 15.5.